The van der Waals surface area contributed by atoms with E-state index in [0.717, 1.165) is 40.6 Å². The highest BCUT2D eigenvalue weighted by Gasteiger charge is 2.59. The molecule has 2 amide bonds. The molecule has 2 aromatic rings. The van der Waals surface area contributed by atoms with Gasteiger partial charge in [0.2, 0.25) is 0 Å². The van der Waals surface area contributed by atoms with Crippen LogP contribution in [0.15, 0.2) is 30.3 Å². The smallest absolute Gasteiger partial charge is 0.410 e. The number of likely N-dealkylation sites (N-methyl/N-ethyl adjacent to an activating group) is 1. The quantitative estimate of drug-likeness (QED) is 0.786. The predicted octanol–water partition coefficient (Wildman–Crippen LogP) is 3.49. The van der Waals surface area contributed by atoms with Gasteiger partial charge >= 0.3 is 6.09 Å². The van der Waals surface area contributed by atoms with Crippen molar-refractivity contribution in [3.63, 3.8) is 0 Å². The number of carbonyl (C=O) groups is 2. The van der Waals surface area contributed by atoms with Crippen molar-refractivity contribution in [2.75, 3.05) is 13.6 Å². The topological polar surface area (TPSA) is 49.9 Å². The number of rotatable bonds is 1. The van der Waals surface area contributed by atoms with Crippen LogP contribution in [-0.2, 0) is 4.74 Å². The number of amides is 2. The first kappa shape index (κ1) is 15.2. The van der Waals surface area contributed by atoms with Crippen LogP contribution in [0.5, 0.6) is 0 Å². The van der Waals surface area contributed by atoms with Crippen LogP contribution in [0.1, 0.15) is 35.4 Å². The van der Waals surface area contributed by atoms with E-state index in [9.17, 15) is 9.59 Å². The number of hydrogen-bond acceptors (Lipinski definition) is 4. The van der Waals surface area contributed by atoms with Gasteiger partial charge in [-0.3, -0.25) is 4.79 Å². The largest absolute Gasteiger partial charge is 0.441 e. The van der Waals surface area contributed by atoms with Gasteiger partial charge in [0.05, 0.1) is 10.9 Å². The Morgan fingerprint density at radius 3 is 2.80 bits per heavy atom. The van der Waals surface area contributed by atoms with Gasteiger partial charge in [-0.2, -0.15) is 0 Å². The molecule has 2 bridgehead atoms. The minimum absolute atomic E-state index is 0.0413. The van der Waals surface area contributed by atoms with Crippen LogP contribution in [0, 0.1) is 0 Å². The molecule has 5 nitrogen and oxygen atoms in total. The second-order valence-corrected chi connectivity index (χ2v) is 8.50. The van der Waals surface area contributed by atoms with Gasteiger partial charge in [0.25, 0.3) is 5.91 Å². The molecule has 0 N–H and O–H groups in total. The van der Waals surface area contributed by atoms with E-state index < -0.39 is 5.60 Å². The molecular formula is C19H20N2O3S. The molecule has 3 saturated heterocycles. The molecule has 1 aromatic carbocycles. The molecule has 3 aliphatic heterocycles. The molecule has 25 heavy (non-hydrogen) atoms. The fourth-order valence-electron chi connectivity index (χ4n) is 4.74. The second-order valence-electron chi connectivity index (χ2n) is 7.42. The number of fused-ring (bicyclic) bond motifs is 3. The molecule has 1 unspecified atom stereocenters. The summed E-state index contributed by atoms with van der Waals surface area (Å²) < 4.78 is 6.98. The van der Waals surface area contributed by atoms with E-state index in [1.807, 2.05) is 29.2 Å². The lowest BCUT2D eigenvalue weighted by Gasteiger charge is -2.60. The summed E-state index contributed by atoms with van der Waals surface area (Å²) in [6, 6.07) is 10.3. The molecule has 1 saturated carbocycles. The van der Waals surface area contributed by atoms with Gasteiger partial charge in [-0.15, -0.1) is 11.3 Å². The van der Waals surface area contributed by atoms with Crippen molar-refractivity contribution in [2.45, 2.75) is 43.4 Å². The van der Waals surface area contributed by atoms with Gasteiger partial charge in [0, 0.05) is 24.3 Å². The van der Waals surface area contributed by atoms with Gasteiger partial charge < -0.3 is 14.5 Å². The van der Waals surface area contributed by atoms with Crippen molar-refractivity contribution in [3.8, 4) is 0 Å². The number of piperidine rings is 2. The fourth-order valence-corrected chi connectivity index (χ4v) is 5.75. The summed E-state index contributed by atoms with van der Waals surface area (Å²) in [5.41, 5.74) is -0.481. The number of carbonyl (C=O) groups excluding carboxylic acids is 2. The number of nitrogens with zero attached hydrogens (tertiary/aromatic N) is 2. The molecule has 1 aliphatic carbocycles. The molecule has 1 aromatic heterocycles. The molecule has 0 radical (unpaired) electrons. The van der Waals surface area contributed by atoms with Gasteiger partial charge in [-0.05, 0) is 43.2 Å². The zero-order chi connectivity index (χ0) is 17.2. The summed E-state index contributed by atoms with van der Waals surface area (Å²) in [5, 5.41) is 1.11. The molecular weight excluding hydrogens is 336 g/mol. The van der Waals surface area contributed by atoms with Crippen molar-refractivity contribution >= 4 is 33.4 Å². The number of benzene rings is 1. The molecule has 4 aliphatic rings. The lowest BCUT2D eigenvalue weighted by Crippen LogP contribution is -2.73. The fraction of sp³-hybridized carbons (Fsp3) is 0.474. The number of thiophene rings is 1. The molecule has 1 atom stereocenters. The standard InChI is InChI=1S/C19H20N2O3S/c1-20-11-16-19(24-18(20)23)8-6-13(7-9-19)21(16)17(22)15-10-12-4-2-3-5-14(12)25-15/h2-5,10,13,16H,6-9,11H2,1H3. The molecule has 6 rings (SSSR count). The predicted molar refractivity (Wildman–Crippen MR) is 95.9 cm³/mol. The summed E-state index contributed by atoms with van der Waals surface area (Å²) in [6.45, 7) is 0.561. The summed E-state index contributed by atoms with van der Waals surface area (Å²) in [7, 11) is 1.75. The first-order chi connectivity index (χ1) is 12.1. The van der Waals surface area contributed by atoms with Gasteiger partial charge in [0.1, 0.15) is 5.60 Å². The monoisotopic (exact) mass is 356 g/mol. The van der Waals surface area contributed by atoms with Crippen LogP contribution >= 0.6 is 11.3 Å². The highest BCUT2D eigenvalue weighted by molar-refractivity contribution is 7.20. The Balaban J connectivity index is 1.53. The summed E-state index contributed by atoms with van der Waals surface area (Å²) >= 11 is 1.55. The first-order valence-electron chi connectivity index (χ1n) is 8.83. The Hall–Kier alpha value is -2.08. The molecule has 130 valence electrons. The Bertz CT molecular complexity index is 835. The Kier molecular flexibility index (Phi) is 3.17. The summed E-state index contributed by atoms with van der Waals surface area (Å²) in [6.07, 6.45) is 3.33. The number of ether oxygens (including phenoxy) is 1. The lowest BCUT2D eigenvalue weighted by molar-refractivity contribution is -0.160. The molecule has 4 fully saturated rings. The van der Waals surface area contributed by atoms with E-state index in [1.165, 1.54) is 0 Å². The third-order valence-electron chi connectivity index (χ3n) is 6.06. The average Bonchev–Trinajstić information content (AvgIpc) is 3.05. The zero-order valence-electron chi connectivity index (χ0n) is 14.1. The highest BCUT2D eigenvalue weighted by atomic mass is 32.1. The number of hydrogen-bond donors (Lipinski definition) is 0. The lowest BCUT2D eigenvalue weighted by atomic mass is 9.70. The van der Waals surface area contributed by atoms with Crippen LogP contribution in [0.4, 0.5) is 4.79 Å². The maximum absolute atomic E-state index is 13.4. The Morgan fingerprint density at radius 2 is 2.04 bits per heavy atom. The minimum Gasteiger partial charge on any atom is -0.441 e. The average molecular weight is 356 g/mol. The van der Waals surface area contributed by atoms with Crippen molar-refractivity contribution < 1.29 is 14.3 Å². The maximum Gasteiger partial charge on any atom is 0.410 e. The first-order valence-corrected chi connectivity index (χ1v) is 9.64. The van der Waals surface area contributed by atoms with E-state index in [1.54, 1.807) is 23.3 Å². The van der Waals surface area contributed by atoms with Crippen LogP contribution in [0.2, 0.25) is 0 Å². The van der Waals surface area contributed by atoms with Gasteiger partial charge in [-0.25, -0.2) is 4.79 Å². The van der Waals surface area contributed by atoms with Gasteiger partial charge in [-0.1, -0.05) is 18.2 Å². The zero-order valence-corrected chi connectivity index (χ0v) is 14.9. The molecule has 4 heterocycles. The van der Waals surface area contributed by atoms with Crippen LogP contribution in [-0.4, -0.2) is 53.1 Å². The maximum atomic E-state index is 13.4. The Labute approximate surface area is 150 Å². The molecule has 6 heteroatoms. The van der Waals surface area contributed by atoms with Crippen molar-refractivity contribution in [3.05, 3.63) is 35.2 Å². The normalized spacial score (nSPS) is 31.2. The highest BCUT2D eigenvalue weighted by Crippen LogP contribution is 2.48. The van der Waals surface area contributed by atoms with E-state index in [-0.39, 0.29) is 24.1 Å². The minimum atomic E-state index is -0.481. The van der Waals surface area contributed by atoms with E-state index >= 15 is 0 Å². The Morgan fingerprint density at radius 1 is 1.28 bits per heavy atom. The second kappa shape index (κ2) is 5.21. The van der Waals surface area contributed by atoms with Crippen LogP contribution < -0.4 is 0 Å². The van der Waals surface area contributed by atoms with Crippen LogP contribution in [0.3, 0.4) is 0 Å². The van der Waals surface area contributed by atoms with E-state index in [0.29, 0.717) is 6.54 Å². The third kappa shape index (κ3) is 2.13. The van der Waals surface area contributed by atoms with E-state index in [2.05, 4.69) is 6.07 Å². The van der Waals surface area contributed by atoms with Crippen molar-refractivity contribution in [1.29, 1.82) is 0 Å². The summed E-state index contributed by atoms with van der Waals surface area (Å²) in [5.74, 6) is 0.0892. The van der Waals surface area contributed by atoms with E-state index in [4.69, 9.17) is 4.74 Å². The SMILES string of the molecule is CN1CC2N(C(=O)c3cc4ccccc4s3)C3CCC2(CC3)OC1=O. The summed E-state index contributed by atoms with van der Waals surface area (Å²) in [4.78, 5) is 29.9. The van der Waals surface area contributed by atoms with Gasteiger partial charge in [0.15, 0.2) is 0 Å². The van der Waals surface area contributed by atoms with Crippen molar-refractivity contribution in [1.82, 2.24) is 9.80 Å². The third-order valence-corrected chi connectivity index (χ3v) is 7.16. The van der Waals surface area contributed by atoms with Crippen molar-refractivity contribution in [2.24, 2.45) is 0 Å². The molecule has 1 spiro atoms. The van der Waals surface area contributed by atoms with Crippen LogP contribution in [0.25, 0.3) is 10.1 Å².